The number of fused-ring (bicyclic) bond motifs is 3. The maximum atomic E-state index is 12.3. The molecule has 0 radical (unpaired) electrons. The molecular formula is C20H17N3O3S. The lowest BCUT2D eigenvalue weighted by Crippen LogP contribution is -2.15. The number of aromatic amines is 1. The van der Waals surface area contributed by atoms with E-state index in [1.54, 1.807) is 6.07 Å². The van der Waals surface area contributed by atoms with Gasteiger partial charge in [0.25, 0.3) is 5.56 Å². The van der Waals surface area contributed by atoms with E-state index in [1.165, 1.54) is 17.3 Å². The Balaban J connectivity index is 1.53. The number of hydrogen-bond donors (Lipinski definition) is 2. The largest absolute Gasteiger partial charge is 0.449 e. The highest BCUT2D eigenvalue weighted by Crippen LogP contribution is 2.26. The van der Waals surface area contributed by atoms with Crippen molar-refractivity contribution in [2.24, 2.45) is 0 Å². The lowest BCUT2D eigenvalue weighted by atomic mass is 10.1. The van der Waals surface area contributed by atoms with E-state index in [4.69, 9.17) is 4.42 Å². The number of hydrogen-bond acceptors (Lipinski definition) is 5. The first-order chi connectivity index (χ1) is 13.0. The number of amides is 1. The van der Waals surface area contributed by atoms with Crippen molar-refractivity contribution in [1.82, 2.24) is 9.97 Å². The third-order valence-corrected chi connectivity index (χ3v) is 5.21. The molecule has 0 saturated carbocycles. The third kappa shape index (κ3) is 3.46. The number of carbonyl (C=O) groups is 1. The van der Waals surface area contributed by atoms with Crippen LogP contribution in [-0.2, 0) is 4.79 Å². The van der Waals surface area contributed by atoms with E-state index in [1.807, 2.05) is 50.2 Å². The Morgan fingerprint density at radius 3 is 2.81 bits per heavy atom. The second-order valence-corrected chi connectivity index (χ2v) is 7.25. The molecule has 2 N–H and O–H groups in total. The molecule has 2 heterocycles. The molecule has 0 bridgehead atoms. The molecule has 0 fully saturated rings. The number of para-hydroxylation sites is 1. The van der Waals surface area contributed by atoms with Crippen LogP contribution < -0.4 is 10.9 Å². The summed E-state index contributed by atoms with van der Waals surface area (Å²) in [5.74, 6) is -0.0278. The molecule has 6 nitrogen and oxygen atoms in total. The summed E-state index contributed by atoms with van der Waals surface area (Å²) >= 11 is 1.18. The molecule has 0 unspecified atom stereocenters. The maximum absolute atomic E-state index is 12.3. The van der Waals surface area contributed by atoms with Crippen LogP contribution in [0.5, 0.6) is 0 Å². The van der Waals surface area contributed by atoms with Crippen LogP contribution in [0.3, 0.4) is 0 Å². The van der Waals surface area contributed by atoms with Gasteiger partial charge in [0.1, 0.15) is 11.1 Å². The van der Waals surface area contributed by atoms with Gasteiger partial charge in [0.05, 0.1) is 5.75 Å². The molecule has 0 aliphatic rings. The van der Waals surface area contributed by atoms with Gasteiger partial charge >= 0.3 is 0 Å². The highest BCUT2D eigenvalue weighted by Gasteiger charge is 2.14. The van der Waals surface area contributed by atoms with E-state index in [-0.39, 0.29) is 22.8 Å². The molecule has 2 aromatic carbocycles. The van der Waals surface area contributed by atoms with Crippen molar-refractivity contribution in [2.45, 2.75) is 19.0 Å². The van der Waals surface area contributed by atoms with E-state index < -0.39 is 0 Å². The quantitative estimate of drug-likeness (QED) is 0.413. The summed E-state index contributed by atoms with van der Waals surface area (Å²) in [6, 6.07) is 13.1. The van der Waals surface area contributed by atoms with Crippen molar-refractivity contribution in [1.29, 1.82) is 0 Å². The van der Waals surface area contributed by atoms with E-state index in [2.05, 4.69) is 15.3 Å². The standard InChI is InChI=1S/C20H17N3O3S/c1-11-7-8-13(9-12(11)2)21-16(24)10-27-20-22-17-14-5-3-4-6-15(14)26-18(17)19(25)23-20/h3-9H,10H2,1-2H3,(H,21,24)(H,22,23,25). The van der Waals surface area contributed by atoms with Crippen LogP contribution in [0.2, 0.25) is 0 Å². The van der Waals surface area contributed by atoms with Crippen molar-refractivity contribution in [3.8, 4) is 0 Å². The van der Waals surface area contributed by atoms with Crippen LogP contribution in [0.15, 0.2) is 56.8 Å². The van der Waals surface area contributed by atoms with Gasteiger partial charge in [-0.2, -0.15) is 0 Å². The molecule has 2 aromatic heterocycles. The van der Waals surface area contributed by atoms with Crippen LogP contribution in [-0.4, -0.2) is 21.6 Å². The number of anilines is 1. The van der Waals surface area contributed by atoms with Crippen LogP contribution >= 0.6 is 11.8 Å². The Bertz CT molecular complexity index is 1230. The van der Waals surface area contributed by atoms with Crippen LogP contribution in [0.1, 0.15) is 11.1 Å². The predicted octanol–water partition coefficient (Wildman–Crippen LogP) is 4.02. The summed E-state index contributed by atoms with van der Waals surface area (Å²) < 4.78 is 5.57. The van der Waals surface area contributed by atoms with Gasteiger partial charge < -0.3 is 9.73 Å². The van der Waals surface area contributed by atoms with Crippen molar-refractivity contribution in [3.63, 3.8) is 0 Å². The molecule has 7 heteroatoms. The Hall–Kier alpha value is -3.06. The van der Waals surface area contributed by atoms with Crippen molar-refractivity contribution < 1.29 is 9.21 Å². The first-order valence-electron chi connectivity index (χ1n) is 8.43. The smallest absolute Gasteiger partial charge is 0.295 e. The lowest BCUT2D eigenvalue weighted by Gasteiger charge is -2.07. The number of nitrogens with one attached hydrogen (secondary N) is 2. The molecule has 0 saturated heterocycles. The van der Waals surface area contributed by atoms with Gasteiger partial charge in [0, 0.05) is 11.1 Å². The van der Waals surface area contributed by atoms with Crippen molar-refractivity contribution in [2.75, 3.05) is 11.1 Å². The number of nitrogens with zero attached hydrogens (tertiary/aromatic N) is 1. The van der Waals surface area contributed by atoms with E-state index in [0.29, 0.717) is 16.3 Å². The number of aromatic nitrogens is 2. The summed E-state index contributed by atoms with van der Waals surface area (Å²) in [4.78, 5) is 31.6. The highest BCUT2D eigenvalue weighted by molar-refractivity contribution is 7.99. The maximum Gasteiger partial charge on any atom is 0.295 e. The zero-order valence-electron chi connectivity index (χ0n) is 14.8. The van der Waals surface area contributed by atoms with Gasteiger partial charge in [-0.05, 0) is 49.2 Å². The number of aryl methyl sites for hydroxylation is 2. The number of rotatable bonds is 4. The molecule has 136 valence electrons. The molecule has 0 aliphatic heterocycles. The Morgan fingerprint density at radius 1 is 1.19 bits per heavy atom. The van der Waals surface area contributed by atoms with Crippen molar-refractivity contribution in [3.05, 3.63) is 63.9 Å². The molecule has 0 aliphatic carbocycles. The zero-order valence-corrected chi connectivity index (χ0v) is 15.6. The molecule has 0 atom stereocenters. The predicted molar refractivity (Wildman–Crippen MR) is 107 cm³/mol. The van der Waals surface area contributed by atoms with E-state index in [0.717, 1.165) is 16.6 Å². The number of furan rings is 1. The molecule has 4 aromatic rings. The van der Waals surface area contributed by atoms with Gasteiger partial charge in [0.15, 0.2) is 5.16 Å². The fourth-order valence-electron chi connectivity index (χ4n) is 2.80. The van der Waals surface area contributed by atoms with Gasteiger partial charge in [-0.15, -0.1) is 0 Å². The number of H-pyrrole nitrogens is 1. The van der Waals surface area contributed by atoms with E-state index >= 15 is 0 Å². The molecule has 1 amide bonds. The Labute approximate surface area is 159 Å². The van der Waals surface area contributed by atoms with E-state index in [9.17, 15) is 9.59 Å². The van der Waals surface area contributed by atoms with Crippen LogP contribution in [0.25, 0.3) is 22.1 Å². The fraction of sp³-hybridized carbons (Fsp3) is 0.150. The average Bonchev–Trinajstić information content (AvgIpc) is 3.03. The topological polar surface area (TPSA) is 88.0 Å². The molecule has 0 spiro atoms. The minimum atomic E-state index is -0.353. The molecule has 27 heavy (non-hydrogen) atoms. The summed E-state index contributed by atoms with van der Waals surface area (Å²) in [7, 11) is 0. The van der Waals surface area contributed by atoms with Crippen LogP contribution in [0, 0.1) is 13.8 Å². The van der Waals surface area contributed by atoms with Crippen LogP contribution in [0.4, 0.5) is 5.69 Å². The SMILES string of the molecule is Cc1ccc(NC(=O)CSc2nc3c(oc4ccccc43)c(=O)[nH]2)cc1C. The summed E-state index contributed by atoms with van der Waals surface area (Å²) in [5, 5.41) is 4.02. The summed E-state index contributed by atoms with van der Waals surface area (Å²) in [5.41, 5.74) is 4.00. The number of carbonyl (C=O) groups excluding carboxylic acids is 1. The number of thioether (sulfide) groups is 1. The normalized spacial score (nSPS) is 11.2. The number of benzene rings is 2. The second kappa shape index (κ2) is 6.92. The van der Waals surface area contributed by atoms with Gasteiger partial charge in [-0.1, -0.05) is 30.0 Å². The second-order valence-electron chi connectivity index (χ2n) is 6.28. The van der Waals surface area contributed by atoms with Crippen molar-refractivity contribution >= 4 is 45.4 Å². The van der Waals surface area contributed by atoms with Gasteiger partial charge in [0.2, 0.25) is 11.5 Å². The zero-order chi connectivity index (χ0) is 19.0. The molecule has 4 rings (SSSR count). The summed E-state index contributed by atoms with van der Waals surface area (Å²) in [6.07, 6.45) is 0. The first-order valence-corrected chi connectivity index (χ1v) is 9.41. The molecular weight excluding hydrogens is 362 g/mol. The Morgan fingerprint density at radius 2 is 2.00 bits per heavy atom. The summed E-state index contributed by atoms with van der Waals surface area (Å²) in [6.45, 7) is 4.02. The minimum absolute atomic E-state index is 0.136. The fourth-order valence-corrected chi connectivity index (χ4v) is 3.46. The highest BCUT2D eigenvalue weighted by atomic mass is 32.2. The lowest BCUT2D eigenvalue weighted by molar-refractivity contribution is -0.113. The average molecular weight is 379 g/mol. The van der Waals surface area contributed by atoms with Gasteiger partial charge in [-0.3, -0.25) is 14.6 Å². The monoisotopic (exact) mass is 379 g/mol. The first kappa shape index (κ1) is 17.4. The minimum Gasteiger partial charge on any atom is -0.449 e. The van der Waals surface area contributed by atoms with Gasteiger partial charge in [-0.25, -0.2) is 4.98 Å². The Kier molecular flexibility index (Phi) is 4.45. The third-order valence-electron chi connectivity index (χ3n) is 4.34.